The molecule has 2 atom stereocenters. The van der Waals surface area contributed by atoms with Gasteiger partial charge in [0.1, 0.15) is 29.1 Å². The first kappa shape index (κ1) is 24.8. The lowest BCUT2D eigenvalue weighted by molar-refractivity contribution is -0.131. The lowest BCUT2D eigenvalue weighted by Gasteiger charge is -2.28. The molecule has 0 radical (unpaired) electrons. The van der Waals surface area contributed by atoms with E-state index in [0.717, 1.165) is 40.2 Å². The van der Waals surface area contributed by atoms with Crippen molar-refractivity contribution in [3.8, 4) is 34.5 Å². The van der Waals surface area contributed by atoms with Gasteiger partial charge in [-0.15, -0.1) is 0 Å². The maximum absolute atomic E-state index is 10.3. The summed E-state index contributed by atoms with van der Waals surface area (Å²) in [6.45, 7) is 0.615. The van der Waals surface area contributed by atoms with E-state index in [1.807, 2.05) is 30.3 Å². The molecular weight excluding hydrogens is 464 g/mol. The van der Waals surface area contributed by atoms with E-state index in [1.54, 1.807) is 39.5 Å². The summed E-state index contributed by atoms with van der Waals surface area (Å²) in [7, 11) is 6.39. The number of fused-ring (bicyclic) bond motifs is 5. The number of carbonyl (C=O) groups is 1. The second kappa shape index (κ2) is 10.9. The first-order valence-corrected chi connectivity index (χ1v) is 11.3. The molecule has 3 aromatic rings. The molecule has 8 heteroatoms. The predicted molar refractivity (Wildman–Crippen MR) is 134 cm³/mol. The molecule has 1 N–H and O–H groups in total. The van der Waals surface area contributed by atoms with Crippen LogP contribution < -0.4 is 28.4 Å². The lowest BCUT2D eigenvalue weighted by atomic mass is 9.89. The van der Waals surface area contributed by atoms with Crippen LogP contribution in [-0.2, 0) is 4.79 Å². The quantitative estimate of drug-likeness (QED) is 0.475. The smallest absolute Gasteiger partial charge is 0.328 e. The largest absolute Gasteiger partial charge is 0.497 e. The van der Waals surface area contributed by atoms with Gasteiger partial charge in [0.05, 0.1) is 41.0 Å². The van der Waals surface area contributed by atoms with Gasteiger partial charge >= 0.3 is 5.97 Å². The molecule has 0 saturated heterocycles. The van der Waals surface area contributed by atoms with Crippen LogP contribution in [0.1, 0.15) is 28.7 Å². The van der Waals surface area contributed by atoms with E-state index in [1.165, 1.54) is 18.7 Å². The van der Waals surface area contributed by atoms with Crippen LogP contribution in [0.25, 0.3) is 6.08 Å². The Bertz CT molecular complexity index is 1270. The molecular formula is C28H28O8. The van der Waals surface area contributed by atoms with Gasteiger partial charge in [0.2, 0.25) is 0 Å². The summed E-state index contributed by atoms with van der Waals surface area (Å²) in [5, 5.41) is 8.46. The Labute approximate surface area is 209 Å². The van der Waals surface area contributed by atoms with Crippen molar-refractivity contribution in [1.82, 2.24) is 0 Å². The molecule has 3 aromatic carbocycles. The van der Waals surface area contributed by atoms with E-state index in [9.17, 15) is 4.79 Å². The number of hydrogen-bond acceptors (Lipinski definition) is 7. The molecule has 2 unspecified atom stereocenters. The Morgan fingerprint density at radius 1 is 0.833 bits per heavy atom. The third-order valence-corrected chi connectivity index (χ3v) is 6.01. The molecule has 2 aliphatic heterocycles. The van der Waals surface area contributed by atoms with Crippen LogP contribution in [0.4, 0.5) is 0 Å². The van der Waals surface area contributed by atoms with Crippen molar-refractivity contribution in [3.63, 3.8) is 0 Å². The van der Waals surface area contributed by atoms with E-state index in [2.05, 4.69) is 6.07 Å². The molecule has 36 heavy (non-hydrogen) atoms. The summed E-state index contributed by atoms with van der Waals surface area (Å²) in [5.74, 6) is 3.77. The number of ether oxygens (including phenoxy) is 6. The maximum Gasteiger partial charge on any atom is 0.328 e. The summed E-state index contributed by atoms with van der Waals surface area (Å²) >= 11 is 0. The number of hydrogen-bond donors (Lipinski definition) is 1. The Morgan fingerprint density at radius 3 is 2.14 bits per heavy atom. The minimum Gasteiger partial charge on any atom is -0.497 e. The maximum atomic E-state index is 10.3. The van der Waals surface area contributed by atoms with Crippen molar-refractivity contribution in [2.24, 2.45) is 0 Å². The van der Waals surface area contributed by atoms with Crippen molar-refractivity contribution in [2.75, 3.05) is 35.0 Å². The summed E-state index contributed by atoms with van der Waals surface area (Å²) in [6, 6.07) is 17.0. The zero-order valence-electron chi connectivity index (χ0n) is 20.5. The van der Waals surface area contributed by atoms with E-state index in [4.69, 9.17) is 33.5 Å². The van der Waals surface area contributed by atoms with Gasteiger partial charge in [0, 0.05) is 29.3 Å². The number of aliphatic carboxylic acids is 1. The van der Waals surface area contributed by atoms with Crippen LogP contribution in [0.2, 0.25) is 0 Å². The van der Waals surface area contributed by atoms with E-state index in [0.29, 0.717) is 18.1 Å². The zero-order valence-corrected chi connectivity index (χ0v) is 20.5. The normalized spacial score (nSPS) is 16.8. The summed E-state index contributed by atoms with van der Waals surface area (Å²) in [4.78, 5) is 10.3. The van der Waals surface area contributed by atoms with Gasteiger partial charge in [-0.3, -0.25) is 0 Å². The minimum absolute atomic E-state index is 0.00163. The lowest BCUT2D eigenvalue weighted by Crippen LogP contribution is -2.23. The molecule has 0 aromatic heterocycles. The van der Waals surface area contributed by atoms with Crippen LogP contribution in [0.5, 0.6) is 34.5 Å². The molecule has 2 heterocycles. The topological polar surface area (TPSA) is 92.7 Å². The molecule has 2 aliphatic rings. The zero-order chi connectivity index (χ0) is 25.7. The Balaban J connectivity index is 0.000000181. The number of carboxylic acids is 1. The monoisotopic (exact) mass is 492 g/mol. The van der Waals surface area contributed by atoms with Crippen LogP contribution in [0.15, 0.2) is 60.7 Å². The standard InChI is InChI=1S/C17H16O4.C11H12O4/c1-18-10-4-6-13-15(7-10)20-9-14-12-5-3-11(19-2)8-16(12)21-17(13)14;1-14-9-5-3-8(4-6-11(12)13)7-10(9)15-2/h3-8,14,17H,9H2,1-2H3;3-7H,1-2H3,(H,12,13). The summed E-state index contributed by atoms with van der Waals surface area (Å²) in [5.41, 5.74) is 3.00. The van der Waals surface area contributed by atoms with Crippen LogP contribution in [-0.4, -0.2) is 46.1 Å². The molecule has 0 bridgehead atoms. The second-order valence-electron chi connectivity index (χ2n) is 8.05. The van der Waals surface area contributed by atoms with Gasteiger partial charge in [-0.1, -0.05) is 12.1 Å². The van der Waals surface area contributed by atoms with E-state index >= 15 is 0 Å². The second-order valence-corrected chi connectivity index (χ2v) is 8.05. The van der Waals surface area contributed by atoms with Gasteiger partial charge in [-0.2, -0.15) is 0 Å². The minimum atomic E-state index is -0.982. The van der Waals surface area contributed by atoms with Gasteiger partial charge in [0.15, 0.2) is 11.5 Å². The number of carboxylic acid groups (broad SMARTS) is 1. The highest BCUT2D eigenvalue weighted by atomic mass is 16.5. The highest BCUT2D eigenvalue weighted by Gasteiger charge is 2.40. The first-order chi connectivity index (χ1) is 17.5. The Hall–Kier alpha value is -4.33. The summed E-state index contributed by atoms with van der Waals surface area (Å²) < 4.78 is 32.7. The molecule has 0 spiro atoms. The molecule has 8 nitrogen and oxygen atoms in total. The molecule has 0 amide bonds. The fraction of sp³-hybridized carbons (Fsp3) is 0.250. The van der Waals surface area contributed by atoms with Gasteiger partial charge in [0.25, 0.3) is 0 Å². The molecule has 5 rings (SSSR count). The average molecular weight is 493 g/mol. The van der Waals surface area contributed by atoms with Crippen molar-refractivity contribution in [1.29, 1.82) is 0 Å². The predicted octanol–water partition coefficient (Wildman–Crippen LogP) is 5.12. The first-order valence-electron chi connectivity index (χ1n) is 11.3. The molecule has 188 valence electrons. The third kappa shape index (κ3) is 5.17. The molecule has 0 saturated carbocycles. The number of benzene rings is 3. The highest BCUT2D eigenvalue weighted by Crippen LogP contribution is 2.52. The van der Waals surface area contributed by atoms with Gasteiger partial charge < -0.3 is 33.5 Å². The molecule has 0 fully saturated rings. The van der Waals surface area contributed by atoms with Gasteiger partial charge in [-0.25, -0.2) is 4.79 Å². The Morgan fingerprint density at radius 2 is 1.50 bits per heavy atom. The average Bonchev–Trinajstić information content (AvgIpc) is 3.29. The molecule has 0 aliphatic carbocycles. The van der Waals surface area contributed by atoms with E-state index < -0.39 is 5.97 Å². The van der Waals surface area contributed by atoms with Crippen molar-refractivity contribution >= 4 is 12.0 Å². The van der Waals surface area contributed by atoms with Crippen molar-refractivity contribution < 1.29 is 38.3 Å². The number of rotatable bonds is 6. The fourth-order valence-corrected chi connectivity index (χ4v) is 4.19. The Kier molecular flexibility index (Phi) is 7.53. The SMILES string of the molecule is COc1ccc(C=CC(=O)O)cc1OC.COc1ccc2c(c1)OC1c3ccc(OC)cc3OCC21. The third-order valence-electron chi connectivity index (χ3n) is 6.01. The van der Waals surface area contributed by atoms with E-state index in [-0.39, 0.29) is 12.0 Å². The number of methoxy groups -OCH3 is 4. The van der Waals surface area contributed by atoms with Crippen LogP contribution >= 0.6 is 0 Å². The van der Waals surface area contributed by atoms with Crippen LogP contribution in [0.3, 0.4) is 0 Å². The van der Waals surface area contributed by atoms with Crippen molar-refractivity contribution in [3.05, 3.63) is 77.4 Å². The highest BCUT2D eigenvalue weighted by molar-refractivity contribution is 5.85. The van der Waals surface area contributed by atoms with Gasteiger partial charge in [-0.05, 0) is 42.0 Å². The summed E-state index contributed by atoms with van der Waals surface area (Å²) in [6.07, 6.45) is 2.56. The van der Waals surface area contributed by atoms with Crippen LogP contribution in [0, 0.1) is 0 Å². The fourth-order valence-electron chi connectivity index (χ4n) is 4.19. The van der Waals surface area contributed by atoms with Crippen molar-refractivity contribution in [2.45, 2.75) is 12.0 Å².